The third kappa shape index (κ3) is 5.99. The minimum absolute atomic E-state index is 0.0381. The summed E-state index contributed by atoms with van der Waals surface area (Å²) >= 11 is 4.84. The van der Waals surface area contributed by atoms with Crippen LogP contribution in [0.3, 0.4) is 0 Å². The van der Waals surface area contributed by atoms with Crippen LogP contribution in [0.5, 0.6) is 5.75 Å². The highest BCUT2D eigenvalue weighted by atomic mass is 32.1. The Morgan fingerprint density at radius 2 is 2.20 bits per heavy atom. The van der Waals surface area contributed by atoms with E-state index in [1.807, 2.05) is 0 Å². The predicted molar refractivity (Wildman–Crippen MR) is 81.7 cm³/mol. The molecule has 6 heteroatoms. The molecule has 0 radical (unpaired) electrons. The van der Waals surface area contributed by atoms with Crippen LogP contribution in [-0.4, -0.2) is 47.7 Å². The lowest BCUT2D eigenvalue weighted by Gasteiger charge is -2.22. The highest BCUT2D eigenvalue weighted by Gasteiger charge is 2.14. The van der Waals surface area contributed by atoms with Crippen molar-refractivity contribution in [1.82, 2.24) is 4.90 Å². The van der Waals surface area contributed by atoms with Gasteiger partial charge in [-0.25, -0.2) is 0 Å². The molecule has 110 valence electrons. The zero-order valence-electron chi connectivity index (χ0n) is 11.5. The van der Waals surface area contributed by atoms with Crippen LogP contribution in [0.2, 0.25) is 0 Å². The fourth-order valence-corrected chi connectivity index (χ4v) is 1.85. The summed E-state index contributed by atoms with van der Waals surface area (Å²) in [6.07, 6.45) is 0.722. The number of hydrogen-bond acceptors (Lipinski definition) is 4. The number of methoxy groups -OCH3 is 1. The highest BCUT2D eigenvalue weighted by Crippen LogP contribution is 2.12. The minimum Gasteiger partial charge on any atom is -0.508 e. The highest BCUT2D eigenvalue weighted by molar-refractivity contribution is 7.80. The molecule has 1 aromatic rings. The fourth-order valence-electron chi connectivity index (χ4n) is 1.76. The number of aromatic hydroxyl groups is 1. The zero-order chi connectivity index (χ0) is 15.0. The van der Waals surface area contributed by atoms with E-state index in [4.69, 9.17) is 22.7 Å². The number of amides is 1. The molecular weight excluding hydrogens is 276 g/mol. The van der Waals surface area contributed by atoms with Crippen molar-refractivity contribution in [2.45, 2.75) is 12.8 Å². The van der Waals surface area contributed by atoms with Gasteiger partial charge in [-0.05, 0) is 17.7 Å². The number of carbonyl (C=O) groups excluding carboxylic acids is 1. The molecule has 20 heavy (non-hydrogen) atoms. The van der Waals surface area contributed by atoms with Crippen LogP contribution >= 0.6 is 12.2 Å². The van der Waals surface area contributed by atoms with Crippen LogP contribution < -0.4 is 5.73 Å². The molecule has 0 aliphatic heterocycles. The number of phenolic OH excluding ortho intramolecular Hbond substituents is 1. The summed E-state index contributed by atoms with van der Waals surface area (Å²) in [7, 11) is 1.59. The van der Waals surface area contributed by atoms with Gasteiger partial charge in [0.2, 0.25) is 5.91 Å². The Labute approximate surface area is 124 Å². The Balaban J connectivity index is 2.63. The van der Waals surface area contributed by atoms with Gasteiger partial charge in [0.25, 0.3) is 0 Å². The molecule has 0 saturated carbocycles. The molecule has 0 fully saturated rings. The van der Waals surface area contributed by atoms with Crippen LogP contribution in [0.4, 0.5) is 0 Å². The summed E-state index contributed by atoms with van der Waals surface area (Å²) in [6.45, 7) is 1.44. The number of nitrogens with two attached hydrogens (primary N) is 1. The monoisotopic (exact) mass is 296 g/mol. The summed E-state index contributed by atoms with van der Waals surface area (Å²) in [5, 5.41) is 9.40. The number of benzene rings is 1. The maximum atomic E-state index is 12.2. The second kappa shape index (κ2) is 8.50. The molecular formula is C14H20N2O3S. The van der Waals surface area contributed by atoms with Crippen LogP contribution in [0.25, 0.3) is 0 Å². The maximum absolute atomic E-state index is 12.2. The average Bonchev–Trinajstić information content (AvgIpc) is 2.38. The maximum Gasteiger partial charge on any atom is 0.227 e. The van der Waals surface area contributed by atoms with Crippen molar-refractivity contribution in [2.75, 3.05) is 26.8 Å². The minimum atomic E-state index is -0.0381. The van der Waals surface area contributed by atoms with E-state index in [1.165, 1.54) is 0 Å². The zero-order valence-corrected chi connectivity index (χ0v) is 12.4. The van der Waals surface area contributed by atoms with Gasteiger partial charge in [-0.15, -0.1) is 0 Å². The van der Waals surface area contributed by atoms with Crippen molar-refractivity contribution >= 4 is 23.1 Å². The molecule has 1 rings (SSSR count). The molecule has 0 atom stereocenters. The topological polar surface area (TPSA) is 75.8 Å². The molecule has 0 bridgehead atoms. The van der Waals surface area contributed by atoms with Crippen molar-refractivity contribution in [3.8, 4) is 5.75 Å². The molecule has 5 nitrogen and oxygen atoms in total. The van der Waals surface area contributed by atoms with Crippen molar-refractivity contribution in [2.24, 2.45) is 5.73 Å². The number of phenols is 1. The molecule has 0 spiro atoms. The Morgan fingerprint density at radius 1 is 1.45 bits per heavy atom. The number of carbonyl (C=O) groups is 1. The first-order valence-electron chi connectivity index (χ1n) is 6.36. The molecule has 1 aromatic carbocycles. The lowest BCUT2D eigenvalue weighted by atomic mass is 10.1. The van der Waals surface area contributed by atoms with Crippen molar-refractivity contribution in [3.63, 3.8) is 0 Å². The smallest absolute Gasteiger partial charge is 0.227 e. The fraction of sp³-hybridized carbons (Fsp3) is 0.429. The van der Waals surface area contributed by atoms with Gasteiger partial charge in [0.1, 0.15) is 5.75 Å². The van der Waals surface area contributed by atoms with E-state index in [1.54, 1.807) is 36.3 Å². The largest absolute Gasteiger partial charge is 0.508 e. The standard InChI is InChI=1S/C14H20N2O3S/c1-19-8-7-16(6-5-13(15)20)14(18)10-11-3-2-4-12(17)9-11/h2-4,9,17H,5-8,10H2,1H3,(H2,15,20). The van der Waals surface area contributed by atoms with Crippen LogP contribution in [0.15, 0.2) is 24.3 Å². The molecule has 1 amide bonds. The molecule has 0 heterocycles. The van der Waals surface area contributed by atoms with E-state index in [0.717, 1.165) is 5.56 Å². The number of rotatable bonds is 8. The van der Waals surface area contributed by atoms with Gasteiger partial charge in [-0.2, -0.15) is 0 Å². The summed E-state index contributed by atoms with van der Waals surface area (Å²) in [6, 6.07) is 6.68. The number of nitrogens with zero attached hydrogens (tertiary/aromatic N) is 1. The summed E-state index contributed by atoms with van der Waals surface area (Å²) in [5.41, 5.74) is 6.24. The molecule has 0 saturated heterocycles. The summed E-state index contributed by atoms with van der Waals surface area (Å²) < 4.78 is 5.00. The van der Waals surface area contributed by atoms with Gasteiger partial charge in [0, 0.05) is 26.6 Å². The molecule has 0 unspecified atom stereocenters. The van der Waals surface area contributed by atoms with E-state index >= 15 is 0 Å². The summed E-state index contributed by atoms with van der Waals surface area (Å²) in [4.78, 5) is 14.3. The first kappa shape index (κ1) is 16.4. The molecule has 0 aromatic heterocycles. The predicted octanol–water partition coefficient (Wildman–Crippen LogP) is 1.09. The van der Waals surface area contributed by atoms with Gasteiger partial charge >= 0.3 is 0 Å². The lowest BCUT2D eigenvalue weighted by molar-refractivity contribution is -0.131. The van der Waals surface area contributed by atoms with Crippen LogP contribution in [0.1, 0.15) is 12.0 Å². The van der Waals surface area contributed by atoms with E-state index in [9.17, 15) is 9.90 Å². The Hall–Kier alpha value is -1.66. The number of ether oxygens (including phenoxy) is 1. The second-order valence-corrected chi connectivity index (χ2v) is 4.96. The van der Waals surface area contributed by atoms with Crippen LogP contribution in [0, 0.1) is 0 Å². The Morgan fingerprint density at radius 3 is 2.80 bits per heavy atom. The van der Waals surface area contributed by atoms with Crippen molar-refractivity contribution < 1.29 is 14.6 Å². The third-order valence-electron chi connectivity index (χ3n) is 2.81. The van der Waals surface area contributed by atoms with Crippen molar-refractivity contribution in [1.29, 1.82) is 0 Å². The van der Waals surface area contributed by atoms with Gasteiger partial charge in [-0.1, -0.05) is 24.4 Å². The molecule has 0 aliphatic carbocycles. The van der Waals surface area contributed by atoms with Crippen LogP contribution in [-0.2, 0) is 16.0 Å². The first-order valence-corrected chi connectivity index (χ1v) is 6.76. The quantitative estimate of drug-likeness (QED) is 0.702. The average molecular weight is 296 g/mol. The number of thiocarbonyl (C=S) groups is 1. The summed E-state index contributed by atoms with van der Waals surface area (Å²) in [5.74, 6) is 0.116. The van der Waals surface area contributed by atoms with Crippen molar-refractivity contribution in [3.05, 3.63) is 29.8 Å². The lowest BCUT2D eigenvalue weighted by Crippen LogP contribution is -2.37. The van der Waals surface area contributed by atoms with E-state index in [2.05, 4.69) is 0 Å². The normalized spacial score (nSPS) is 10.2. The second-order valence-electron chi connectivity index (χ2n) is 4.44. The van der Waals surface area contributed by atoms with E-state index in [0.29, 0.717) is 31.1 Å². The molecule has 0 aliphatic rings. The first-order chi connectivity index (χ1) is 9.52. The van der Waals surface area contributed by atoms with E-state index < -0.39 is 0 Å². The third-order valence-corrected chi connectivity index (χ3v) is 3.02. The SMILES string of the molecule is COCCN(CCC(N)=S)C(=O)Cc1cccc(O)c1. The number of hydrogen-bond donors (Lipinski definition) is 2. The van der Waals surface area contributed by atoms with Gasteiger partial charge in [0.15, 0.2) is 0 Å². The van der Waals surface area contributed by atoms with Gasteiger partial charge in [0.05, 0.1) is 18.0 Å². The van der Waals surface area contributed by atoms with E-state index in [-0.39, 0.29) is 18.1 Å². The Kier molecular flexibility index (Phi) is 6.97. The van der Waals surface area contributed by atoms with Gasteiger partial charge < -0.3 is 20.5 Å². The van der Waals surface area contributed by atoms with Gasteiger partial charge in [-0.3, -0.25) is 4.79 Å². The Bertz CT molecular complexity index is 465. The molecule has 3 N–H and O–H groups in total.